The third-order valence-corrected chi connectivity index (χ3v) is 2.87. The highest BCUT2D eigenvalue weighted by Gasteiger charge is 2.17. The Balaban J connectivity index is 2.27. The number of nitro benzene ring substituents is 1. The van der Waals surface area contributed by atoms with Gasteiger partial charge in [-0.05, 0) is 24.3 Å². The maximum atomic E-state index is 12.2. The Kier molecular flexibility index (Phi) is 3.65. The van der Waals surface area contributed by atoms with Crippen LogP contribution in [-0.2, 0) is 0 Å². The molecule has 0 aliphatic carbocycles. The largest absolute Gasteiger partial charge is 0.506 e. The van der Waals surface area contributed by atoms with Gasteiger partial charge < -0.3 is 10.0 Å². The van der Waals surface area contributed by atoms with Gasteiger partial charge in [0.25, 0.3) is 11.6 Å². The molecule has 0 saturated heterocycles. The van der Waals surface area contributed by atoms with Gasteiger partial charge in [0.15, 0.2) is 0 Å². The lowest BCUT2D eigenvalue weighted by Crippen LogP contribution is -2.26. The Morgan fingerprint density at radius 2 is 1.75 bits per heavy atom. The summed E-state index contributed by atoms with van der Waals surface area (Å²) in [4.78, 5) is 23.5. The van der Waals surface area contributed by atoms with Crippen molar-refractivity contribution in [1.29, 1.82) is 0 Å². The summed E-state index contributed by atoms with van der Waals surface area (Å²) < 4.78 is 0. The lowest BCUT2D eigenvalue weighted by molar-refractivity contribution is -0.384. The van der Waals surface area contributed by atoms with Gasteiger partial charge in [-0.25, -0.2) is 0 Å². The molecule has 1 N–H and O–H groups in total. The fourth-order valence-electron chi connectivity index (χ4n) is 1.78. The van der Waals surface area contributed by atoms with Crippen molar-refractivity contribution in [2.45, 2.75) is 0 Å². The van der Waals surface area contributed by atoms with Gasteiger partial charge in [0.1, 0.15) is 5.75 Å². The number of aromatic hydroxyl groups is 1. The smallest absolute Gasteiger partial charge is 0.269 e. The number of amides is 1. The molecule has 0 heterocycles. The number of hydrogen-bond donors (Lipinski definition) is 1. The minimum Gasteiger partial charge on any atom is -0.506 e. The summed E-state index contributed by atoms with van der Waals surface area (Å²) in [7, 11) is 1.53. The molecule has 0 fully saturated rings. The molecular weight excluding hydrogens is 260 g/mol. The first-order valence-corrected chi connectivity index (χ1v) is 5.81. The van der Waals surface area contributed by atoms with Gasteiger partial charge in [-0.15, -0.1) is 0 Å². The predicted molar refractivity (Wildman–Crippen MR) is 73.9 cm³/mol. The minimum absolute atomic E-state index is 0.00902. The zero-order chi connectivity index (χ0) is 14.7. The number of rotatable bonds is 3. The number of nitrogens with zero attached hydrogens (tertiary/aromatic N) is 2. The maximum absolute atomic E-state index is 12.2. The van der Waals surface area contributed by atoms with Crippen molar-refractivity contribution in [1.82, 2.24) is 0 Å². The molecule has 0 spiro atoms. The Morgan fingerprint density at radius 1 is 1.15 bits per heavy atom. The van der Waals surface area contributed by atoms with E-state index < -0.39 is 4.92 Å². The molecule has 0 aliphatic rings. The Labute approximate surface area is 115 Å². The van der Waals surface area contributed by atoms with E-state index in [1.165, 1.54) is 42.3 Å². The molecule has 0 aliphatic heterocycles. The van der Waals surface area contributed by atoms with Gasteiger partial charge in [0, 0.05) is 24.7 Å². The van der Waals surface area contributed by atoms with E-state index in [-0.39, 0.29) is 17.3 Å². The molecule has 20 heavy (non-hydrogen) atoms. The first-order chi connectivity index (χ1) is 9.50. The number of phenolic OH excluding ortho intramolecular Hbond substituents is 1. The van der Waals surface area contributed by atoms with Gasteiger partial charge in [0.2, 0.25) is 0 Å². The number of nitro groups is 1. The van der Waals surface area contributed by atoms with Crippen LogP contribution in [0.4, 0.5) is 11.4 Å². The average Bonchev–Trinajstić information content (AvgIpc) is 2.46. The summed E-state index contributed by atoms with van der Waals surface area (Å²) >= 11 is 0. The van der Waals surface area contributed by atoms with Crippen LogP contribution in [0.25, 0.3) is 0 Å². The van der Waals surface area contributed by atoms with Crippen molar-refractivity contribution < 1.29 is 14.8 Å². The highest BCUT2D eigenvalue weighted by molar-refractivity contribution is 6.06. The molecule has 0 unspecified atom stereocenters. The van der Waals surface area contributed by atoms with Crippen LogP contribution in [0.5, 0.6) is 5.75 Å². The predicted octanol–water partition coefficient (Wildman–Crippen LogP) is 2.58. The van der Waals surface area contributed by atoms with Gasteiger partial charge in [-0.2, -0.15) is 0 Å². The van der Waals surface area contributed by atoms with Crippen LogP contribution < -0.4 is 4.90 Å². The SMILES string of the molecule is CN(C(=O)c1ccc([N+](=O)[O-])cc1)c1ccccc1O. The standard InChI is InChI=1S/C14H12N2O4/c1-15(12-4-2-3-5-13(12)17)14(18)10-6-8-11(9-7-10)16(19)20/h2-9,17H,1H3. The molecule has 6 heteroatoms. The number of non-ortho nitro benzene ring substituents is 1. The fourth-order valence-corrected chi connectivity index (χ4v) is 1.78. The molecule has 0 saturated carbocycles. The van der Waals surface area contributed by atoms with Crippen LogP contribution in [0.1, 0.15) is 10.4 Å². The van der Waals surface area contributed by atoms with Gasteiger partial charge >= 0.3 is 0 Å². The Morgan fingerprint density at radius 3 is 2.30 bits per heavy atom. The van der Waals surface area contributed by atoms with Crippen molar-refractivity contribution in [2.75, 3.05) is 11.9 Å². The normalized spacial score (nSPS) is 10.1. The number of para-hydroxylation sites is 2. The van der Waals surface area contributed by atoms with E-state index in [4.69, 9.17) is 0 Å². The number of phenols is 1. The topological polar surface area (TPSA) is 83.7 Å². The Bertz CT molecular complexity index is 652. The van der Waals surface area contributed by atoms with Crippen molar-refractivity contribution in [2.24, 2.45) is 0 Å². The van der Waals surface area contributed by atoms with Crippen molar-refractivity contribution in [3.8, 4) is 5.75 Å². The quantitative estimate of drug-likeness (QED) is 0.687. The molecule has 0 aromatic heterocycles. The molecule has 6 nitrogen and oxygen atoms in total. The summed E-state index contributed by atoms with van der Waals surface area (Å²) in [5.74, 6) is -0.369. The second kappa shape index (κ2) is 5.40. The third kappa shape index (κ3) is 2.59. The number of carbonyl (C=O) groups excluding carboxylic acids is 1. The number of anilines is 1. The van der Waals surface area contributed by atoms with Crippen LogP contribution >= 0.6 is 0 Å². The first-order valence-electron chi connectivity index (χ1n) is 5.81. The van der Waals surface area contributed by atoms with E-state index >= 15 is 0 Å². The number of carbonyl (C=O) groups is 1. The zero-order valence-electron chi connectivity index (χ0n) is 10.7. The van der Waals surface area contributed by atoms with E-state index in [0.29, 0.717) is 11.3 Å². The van der Waals surface area contributed by atoms with Gasteiger partial charge in [0.05, 0.1) is 10.6 Å². The van der Waals surface area contributed by atoms with E-state index in [0.717, 1.165) is 0 Å². The average molecular weight is 272 g/mol. The second-order valence-corrected chi connectivity index (χ2v) is 4.16. The highest BCUT2D eigenvalue weighted by atomic mass is 16.6. The van der Waals surface area contributed by atoms with E-state index in [1.807, 2.05) is 0 Å². The van der Waals surface area contributed by atoms with Crippen molar-refractivity contribution in [3.05, 3.63) is 64.2 Å². The van der Waals surface area contributed by atoms with Crippen molar-refractivity contribution >= 4 is 17.3 Å². The van der Waals surface area contributed by atoms with Crippen LogP contribution in [0.15, 0.2) is 48.5 Å². The van der Waals surface area contributed by atoms with Gasteiger partial charge in [-0.3, -0.25) is 14.9 Å². The molecule has 2 aromatic carbocycles. The monoisotopic (exact) mass is 272 g/mol. The van der Waals surface area contributed by atoms with E-state index in [2.05, 4.69) is 0 Å². The lowest BCUT2D eigenvalue weighted by atomic mass is 10.1. The molecular formula is C14H12N2O4. The van der Waals surface area contributed by atoms with Crippen molar-refractivity contribution in [3.63, 3.8) is 0 Å². The molecule has 0 atom stereocenters. The molecule has 2 aromatic rings. The third-order valence-electron chi connectivity index (χ3n) is 2.87. The molecule has 0 bridgehead atoms. The van der Waals surface area contributed by atoms with Crippen LogP contribution in [0, 0.1) is 10.1 Å². The van der Waals surface area contributed by atoms with Crippen LogP contribution in [0.3, 0.4) is 0 Å². The van der Waals surface area contributed by atoms with E-state index in [1.54, 1.807) is 18.2 Å². The molecule has 2 rings (SSSR count). The molecule has 0 radical (unpaired) electrons. The lowest BCUT2D eigenvalue weighted by Gasteiger charge is -2.18. The number of benzene rings is 2. The highest BCUT2D eigenvalue weighted by Crippen LogP contribution is 2.26. The summed E-state index contributed by atoms with van der Waals surface area (Å²) in [5.41, 5.74) is 0.601. The summed E-state index contributed by atoms with van der Waals surface area (Å²) in [6, 6.07) is 11.8. The molecule has 1 amide bonds. The van der Waals surface area contributed by atoms with Crippen LogP contribution in [-0.4, -0.2) is 23.0 Å². The second-order valence-electron chi connectivity index (χ2n) is 4.16. The molecule has 102 valence electrons. The Hall–Kier alpha value is -2.89. The summed E-state index contributed by atoms with van der Waals surface area (Å²) in [6.07, 6.45) is 0. The number of hydrogen-bond acceptors (Lipinski definition) is 4. The van der Waals surface area contributed by atoms with Crippen LogP contribution in [0.2, 0.25) is 0 Å². The van der Waals surface area contributed by atoms with E-state index in [9.17, 15) is 20.0 Å². The first kappa shape index (κ1) is 13.5. The summed E-state index contributed by atoms with van der Waals surface area (Å²) in [5, 5.41) is 20.3. The summed E-state index contributed by atoms with van der Waals surface area (Å²) in [6.45, 7) is 0. The minimum atomic E-state index is -0.527. The zero-order valence-corrected chi connectivity index (χ0v) is 10.7. The van der Waals surface area contributed by atoms with Gasteiger partial charge in [-0.1, -0.05) is 12.1 Å². The fraction of sp³-hybridized carbons (Fsp3) is 0.0714. The maximum Gasteiger partial charge on any atom is 0.269 e.